The van der Waals surface area contributed by atoms with Crippen molar-refractivity contribution in [2.24, 2.45) is 0 Å². The van der Waals surface area contributed by atoms with Crippen LogP contribution in [0.3, 0.4) is 0 Å². The quantitative estimate of drug-likeness (QED) is 0.897. The first-order valence-electron chi connectivity index (χ1n) is 6.19. The van der Waals surface area contributed by atoms with Crippen LogP contribution in [0.15, 0.2) is 24.3 Å². The van der Waals surface area contributed by atoms with Gasteiger partial charge in [-0.2, -0.15) is 0 Å². The third kappa shape index (κ3) is 2.98. The third-order valence-corrected chi connectivity index (χ3v) is 4.28. The van der Waals surface area contributed by atoms with E-state index in [0.29, 0.717) is 9.99 Å². The number of carbonyl (C=O) groups is 2. The van der Waals surface area contributed by atoms with Crippen molar-refractivity contribution in [1.29, 1.82) is 0 Å². The van der Waals surface area contributed by atoms with Crippen LogP contribution in [0.5, 0.6) is 0 Å². The summed E-state index contributed by atoms with van der Waals surface area (Å²) in [7, 11) is -3.72. The minimum absolute atomic E-state index is 0.0684. The third-order valence-electron chi connectivity index (χ3n) is 3.11. The Morgan fingerprint density at radius 1 is 1.40 bits per heavy atom. The van der Waals surface area contributed by atoms with E-state index in [1.54, 1.807) is 18.2 Å². The highest BCUT2D eigenvalue weighted by atomic mass is 32.2. The Morgan fingerprint density at radius 3 is 2.70 bits per heavy atom. The zero-order valence-electron chi connectivity index (χ0n) is 11.3. The summed E-state index contributed by atoms with van der Waals surface area (Å²) in [6.07, 6.45) is 1.21. The first-order chi connectivity index (χ1) is 9.29. The molecule has 0 spiro atoms. The van der Waals surface area contributed by atoms with Crippen LogP contribution in [0, 0.1) is 6.92 Å². The van der Waals surface area contributed by atoms with Crippen LogP contribution in [0.25, 0.3) is 0 Å². The summed E-state index contributed by atoms with van der Waals surface area (Å²) in [5, 5.41) is 2.65. The lowest BCUT2D eigenvalue weighted by Crippen LogP contribution is -2.44. The maximum atomic E-state index is 12.2. The monoisotopic (exact) mass is 296 g/mol. The van der Waals surface area contributed by atoms with E-state index in [1.807, 2.05) is 13.0 Å². The molecule has 1 aliphatic heterocycles. The zero-order chi connectivity index (χ0) is 14.9. The highest BCUT2D eigenvalue weighted by Crippen LogP contribution is 2.23. The Morgan fingerprint density at radius 2 is 2.10 bits per heavy atom. The second-order valence-corrected chi connectivity index (χ2v) is 6.73. The molecule has 0 saturated carbocycles. The molecule has 1 aromatic carbocycles. The molecule has 1 aliphatic rings. The summed E-state index contributed by atoms with van der Waals surface area (Å²) in [5.41, 5.74) is 1.56. The maximum absolute atomic E-state index is 12.2. The first-order valence-corrected chi connectivity index (χ1v) is 8.03. The predicted octanol–water partition coefficient (Wildman–Crippen LogP) is 0.884. The van der Waals surface area contributed by atoms with Crippen molar-refractivity contribution in [3.05, 3.63) is 29.8 Å². The molecule has 6 nitrogen and oxygen atoms in total. The number of hydrogen-bond donors (Lipinski definition) is 1. The van der Waals surface area contributed by atoms with Gasteiger partial charge in [-0.1, -0.05) is 12.1 Å². The van der Waals surface area contributed by atoms with E-state index < -0.39 is 27.9 Å². The molecular formula is C13H16N2O4S. The van der Waals surface area contributed by atoms with Crippen LogP contribution < -0.4 is 5.32 Å². The van der Waals surface area contributed by atoms with Crippen molar-refractivity contribution in [2.75, 3.05) is 11.6 Å². The number of benzene rings is 1. The topological polar surface area (TPSA) is 83.6 Å². The van der Waals surface area contributed by atoms with Crippen LogP contribution in [0.2, 0.25) is 0 Å². The van der Waals surface area contributed by atoms with Gasteiger partial charge in [-0.25, -0.2) is 12.7 Å². The Kier molecular flexibility index (Phi) is 3.80. The second-order valence-electron chi connectivity index (χ2n) is 4.87. The number of rotatable bonds is 3. The fourth-order valence-corrected chi connectivity index (χ4v) is 3.39. The molecule has 0 aliphatic carbocycles. The van der Waals surface area contributed by atoms with Gasteiger partial charge in [0.2, 0.25) is 21.8 Å². The van der Waals surface area contributed by atoms with Gasteiger partial charge in [-0.05, 0) is 31.0 Å². The van der Waals surface area contributed by atoms with Crippen LogP contribution in [0.4, 0.5) is 5.69 Å². The van der Waals surface area contributed by atoms with Crippen molar-refractivity contribution < 1.29 is 18.0 Å². The molecule has 1 aromatic rings. The summed E-state index contributed by atoms with van der Waals surface area (Å²) < 4.78 is 23.9. The summed E-state index contributed by atoms with van der Waals surface area (Å²) in [6, 6.07) is 6.21. The lowest BCUT2D eigenvalue weighted by molar-refractivity contribution is -0.128. The Bertz CT molecular complexity index is 654. The predicted molar refractivity (Wildman–Crippen MR) is 74.5 cm³/mol. The van der Waals surface area contributed by atoms with Crippen molar-refractivity contribution in [3.8, 4) is 0 Å². The molecule has 0 bridgehead atoms. The number of anilines is 1. The molecule has 0 aromatic heterocycles. The van der Waals surface area contributed by atoms with Crippen LogP contribution in [-0.4, -0.2) is 36.8 Å². The standard InChI is InChI=1S/C13H16N2O4S/c1-9-4-3-5-10(8-9)14-13(17)11-6-7-12(16)15(11)20(2,18)19/h3-5,8,11H,6-7H2,1-2H3,(H,14,17). The molecule has 108 valence electrons. The fourth-order valence-electron chi connectivity index (χ4n) is 2.26. The molecule has 1 N–H and O–H groups in total. The van der Waals surface area contributed by atoms with E-state index >= 15 is 0 Å². The van der Waals surface area contributed by atoms with Gasteiger partial charge in [0, 0.05) is 12.1 Å². The fraction of sp³-hybridized carbons (Fsp3) is 0.385. The number of aryl methyl sites for hydroxylation is 1. The Labute approximate surface area is 117 Å². The van der Waals surface area contributed by atoms with Gasteiger partial charge in [-0.3, -0.25) is 9.59 Å². The van der Waals surface area contributed by atoms with E-state index in [2.05, 4.69) is 5.32 Å². The van der Waals surface area contributed by atoms with Gasteiger partial charge >= 0.3 is 0 Å². The molecule has 1 unspecified atom stereocenters. The second kappa shape index (κ2) is 5.24. The van der Waals surface area contributed by atoms with Gasteiger partial charge in [0.05, 0.1) is 6.26 Å². The first kappa shape index (κ1) is 14.5. The number of amides is 2. The summed E-state index contributed by atoms with van der Waals surface area (Å²) in [6.45, 7) is 1.89. The number of carbonyl (C=O) groups excluding carboxylic acids is 2. The highest BCUT2D eigenvalue weighted by molar-refractivity contribution is 7.89. The molecule has 2 rings (SSSR count). The Hall–Kier alpha value is -1.89. The van der Waals surface area contributed by atoms with E-state index in [1.165, 1.54) is 0 Å². The largest absolute Gasteiger partial charge is 0.324 e. The molecule has 1 saturated heterocycles. The normalized spacial score (nSPS) is 19.2. The lowest BCUT2D eigenvalue weighted by Gasteiger charge is -2.21. The van der Waals surface area contributed by atoms with Crippen LogP contribution in [-0.2, 0) is 19.6 Å². The van der Waals surface area contributed by atoms with Crippen molar-refractivity contribution in [1.82, 2.24) is 4.31 Å². The van der Waals surface area contributed by atoms with Crippen LogP contribution >= 0.6 is 0 Å². The molecule has 1 fully saturated rings. The van der Waals surface area contributed by atoms with E-state index in [0.717, 1.165) is 11.8 Å². The van der Waals surface area contributed by atoms with Gasteiger partial charge in [0.15, 0.2) is 0 Å². The highest BCUT2D eigenvalue weighted by Gasteiger charge is 2.41. The summed E-state index contributed by atoms with van der Waals surface area (Å²) >= 11 is 0. The minimum atomic E-state index is -3.72. The Balaban J connectivity index is 2.19. The van der Waals surface area contributed by atoms with Gasteiger partial charge in [0.25, 0.3) is 0 Å². The molecule has 20 heavy (non-hydrogen) atoms. The van der Waals surface area contributed by atoms with E-state index in [9.17, 15) is 18.0 Å². The molecule has 7 heteroatoms. The lowest BCUT2D eigenvalue weighted by atomic mass is 10.2. The number of nitrogens with one attached hydrogen (secondary N) is 1. The maximum Gasteiger partial charge on any atom is 0.248 e. The number of sulfonamides is 1. The van der Waals surface area contributed by atoms with Crippen molar-refractivity contribution in [2.45, 2.75) is 25.8 Å². The van der Waals surface area contributed by atoms with Crippen molar-refractivity contribution >= 4 is 27.5 Å². The van der Waals surface area contributed by atoms with Crippen LogP contribution in [0.1, 0.15) is 18.4 Å². The summed E-state index contributed by atoms with van der Waals surface area (Å²) in [4.78, 5) is 23.8. The minimum Gasteiger partial charge on any atom is -0.324 e. The molecule has 2 amide bonds. The average Bonchev–Trinajstić information content (AvgIpc) is 2.71. The van der Waals surface area contributed by atoms with E-state index in [-0.39, 0.29) is 12.8 Å². The average molecular weight is 296 g/mol. The molecule has 1 heterocycles. The molecular weight excluding hydrogens is 280 g/mol. The van der Waals surface area contributed by atoms with Crippen molar-refractivity contribution in [3.63, 3.8) is 0 Å². The van der Waals surface area contributed by atoms with Gasteiger partial charge in [-0.15, -0.1) is 0 Å². The van der Waals surface area contributed by atoms with Gasteiger partial charge < -0.3 is 5.32 Å². The zero-order valence-corrected chi connectivity index (χ0v) is 12.1. The number of hydrogen-bond acceptors (Lipinski definition) is 4. The molecule has 0 radical (unpaired) electrons. The number of nitrogens with zero attached hydrogens (tertiary/aromatic N) is 1. The smallest absolute Gasteiger partial charge is 0.248 e. The molecule has 1 atom stereocenters. The van der Waals surface area contributed by atoms with Gasteiger partial charge in [0.1, 0.15) is 6.04 Å². The van der Waals surface area contributed by atoms with E-state index in [4.69, 9.17) is 0 Å². The SMILES string of the molecule is Cc1cccc(NC(=O)C2CCC(=O)N2S(C)(=O)=O)c1. The summed E-state index contributed by atoms with van der Waals surface area (Å²) in [5.74, 6) is -1.01.